The van der Waals surface area contributed by atoms with Gasteiger partial charge in [0.1, 0.15) is 11.5 Å². The normalized spacial score (nSPS) is 10.8. The number of rotatable bonds is 6. The van der Waals surface area contributed by atoms with Gasteiger partial charge in [-0.05, 0) is 44.2 Å². The van der Waals surface area contributed by atoms with Crippen LogP contribution in [0, 0.1) is 13.8 Å². The zero-order chi connectivity index (χ0) is 14.5. The summed E-state index contributed by atoms with van der Waals surface area (Å²) in [5, 5.41) is 3.27. The third kappa shape index (κ3) is 3.64. The number of anilines is 1. The Bertz CT molecular complexity index is 560. The Balaban J connectivity index is 2.03. The smallest absolute Gasteiger partial charge is 0.123 e. The Hall–Kier alpha value is -1.74. The lowest BCUT2D eigenvalue weighted by Gasteiger charge is -2.20. The van der Waals surface area contributed by atoms with Gasteiger partial charge in [-0.1, -0.05) is 24.6 Å². The third-order valence-corrected chi connectivity index (χ3v) is 3.42. The van der Waals surface area contributed by atoms with Gasteiger partial charge in [0.2, 0.25) is 0 Å². The summed E-state index contributed by atoms with van der Waals surface area (Å²) in [7, 11) is 2.10. The van der Waals surface area contributed by atoms with E-state index >= 15 is 0 Å². The maximum absolute atomic E-state index is 5.84. The summed E-state index contributed by atoms with van der Waals surface area (Å²) in [6, 6.07) is 10.6. The van der Waals surface area contributed by atoms with E-state index in [9.17, 15) is 0 Å². The quantitative estimate of drug-likeness (QED) is 0.870. The molecule has 108 valence electrons. The molecule has 0 atom stereocenters. The van der Waals surface area contributed by atoms with Crippen LogP contribution in [0.15, 0.2) is 34.7 Å². The molecule has 1 aromatic heterocycles. The van der Waals surface area contributed by atoms with E-state index in [2.05, 4.69) is 62.3 Å². The minimum atomic E-state index is 0.788. The average Bonchev–Trinajstić information content (AvgIpc) is 2.83. The lowest BCUT2D eigenvalue weighted by atomic mass is 10.1. The van der Waals surface area contributed by atoms with Crippen molar-refractivity contribution in [1.82, 2.24) is 5.32 Å². The van der Waals surface area contributed by atoms with Crippen LogP contribution in [0.2, 0.25) is 0 Å². The van der Waals surface area contributed by atoms with E-state index in [0.717, 1.165) is 31.2 Å². The predicted octanol–water partition coefficient (Wildman–Crippen LogP) is 3.64. The Morgan fingerprint density at radius 3 is 2.55 bits per heavy atom. The molecule has 1 heterocycles. The second-order valence-corrected chi connectivity index (χ2v) is 5.29. The Morgan fingerprint density at radius 1 is 1.10 bits per heavy atom. The maximum Gasteiger partial charge on any atom is 0.123 e. The van der Waals surface area contributed by atoms with Crippen LogP contribution in [0.1, 0.15) is 29.6 Å². The SMILES string of the molecule is CCNCc1ccc(CN(C)c2ccc(C)cc2C)o1. The molecule has 3 heteroatoms. The predicted molar refractivity (Wildman–Crippen MR) is 84.1 cm³/mol. The molecule has 0 spiro atoms. The number of benzene rings is 1. The summed E-state index contributed by atoms with van der Waals surface area (Å²) in [6.45, 7) is 8.91. The number of nitrogens with zero attached hydrogens (tertiary/aromatic N) is 1. The molecule has 0 fully saturated rings. The fourth-order valence-electron chi connectivity index (χ4n) is 2.40. The molecule has 3 nitrogen and oxygen atoms in total. The first-order valence-corrected chi connectivity index (χ1v) is 7.17. The van der Waals surface area contributed by atoms with E-state index in [1.54, 1.807) is 0 Å². The average molecular weight is 272 g/mol. The molecule has 0 unspecified atom stereocenters. The van der Waals surface area contributed by atoms with Crippen LogP contribution in [0.25, 0.3) is 0 Å². The molecule has 0 amide bonds. The van der Waals surface area contributed by atoms with Crippen LogP contribution in [-0.4, -0.2) is 13.6 Å². The van der Waals surface area contributed by atoms with E-state index in [1.165, 1.54) is 16.8 Å². The standard InChI is InChI=1S/C17H24N2O/c1-5-18-11-15-7-8-16(20-15)12-19(4)17-9-6-13(2)10-14(17)3/h6-10,18H,5,11-12H2,1-4H3. The highest BCUT2D eigenvalue weighted by atomic mass is 16.3. The van der Waals surface area contributed by atoms with E-state index in [4.69, 9.17) is 4.42 Å². The van der Waals surface area contributed by atoms with Gasteiger partial charge < -0.3 is 14.6 Å². The fourth-order valence-corrected chi connectivity index (χ4v) is 2.40. The monoisotopic (exact) mass is 272 g/mol. The van der Waals surface area contributed by atoms with Gasteiger partial charge in [0.15, 0.2) is 0 Å². The number of nitrogens with one attached hydrogen (secondary N) is 1. The minimum Gasteiger partial charge on any atom is -0.463 e. The third-order valence-electron chi connectivity index (χ3n) is 3.42. The highest BCUT2D eigenvalue weighted by Crippen LogP contribution is 2.22. The molecule has 0 radical (unpaired) electrons. The zero-order valence-corrected chi connectivity index (χ0v) is 12.9. The Labute approximate surface area is 121 Å². The van der Waals surface area contributed by atoms with E-state index in [1.807, 2.05) is 6.07 Å². The van der Waals surface area contributed by atoms with Crippen molar-refractivity contribution in [2.75, 3.05) is 18.5 Å². The molecule has 0 saturated heterocycles. The summed E-state index contributed by atoms with van der Waals surface area (Å²) < 4.78 is 5.84. The van der Waals surface area contributed by atoms with Gasteiger partial charge in [-0.25, -0.2) is 0 Å². The van der Waals surface area contributed by atoms with E-state index in [0.29, 0.717) is 0 Å². The van der Waals surface area contributed by atoms with Crippen molar-refractivity contribution < 1.29 is 4.42 Å². The van der Waals surface area contributed by atoms with Crippen LogP contribution >= 0.6 is 0 Å². The highest BCUT2D eigenvalue weighted by molar-refractivity contribution is 5.53. The van der Waals surface area contributed by atoms with Crippen LogP contribution in [-0.2, 0) is 13.1 Å². The molecule has 1 aromatic carbocycles. The zero-order valence-electron chi connectivity index (χ0n) is 12.9. The Morgan fingerprint density at radius 2 is 1.85 bits per heavy atom. The first-order chi connectivity index (χ1) is 9.60. The van der Waals surface area contributed by atoms with Gasteiger partial charge in [0.25, 0.3) is 0 Å². The molecule has 0 aliphatic heterocycles. The Kier molecular flexibility index (Phi) is 4.85. The molecule has 0 bridgehead atoms. The van der Waals surface area contributed by atoms with Crippen molar-refractivity contribution >= 4 is 5.69 Å². The molecular formula is C17H24N2O. The second kappa shape index (κ2) is 6.62. The summed E-state index contributed by atoms with van der Waals surface area (Å²) in [5.74, 6) is 2.00. The van der Waals surface area contributed by atoms with Crippen molar-refractivity contribution in [3.8, 4) is 0 Å². The summed E-state index contributed by atoms with van der Waals surface area (Å²) in [5.41, 5.74) is 3.85. The number of aryl methyl sites for hydroxylation is 2. The number of furan rings is 1. The summed E-state index contributed by atoms with van der Waals surface area (Å²) >= 11 is 0. The maximum atomic E-state index is 5.84. The number of hydrogen-bond donors (Lipinski definition) is 1. The van der Waals surface area contributed by atoms with Gasteiger partial charge in [0, 0.05) is 12.7 Å². The van der Waals surface area contributed by atoms with Crippen LogP contribution < -0.4 is 10.2 Å². The second-order valence-electron chi connectivity index (χ2n) is 5.29. The van der Waals surface area contributed by atoms with Gasteiger partial charge in [0.05, 0.1) is 13.1 Å². The summed E-state index contributed by atoms with van der Waals surface area (Å²) in [6.07, 6.45) is 0. The molecule has 0 saturated carbocycles. The molecular weight excluding hydrogens is 248 g/mol. The van der Waals surface area contributed by atoms with Crippen LogP contribution in [0.3, 0.4) is 0 Å². The highest BCUT2D eigenvalue weighted by Gasteiger charge is 2.08. The van der Waals surface area contributed by atoms with Gasteiger partial charge in [-0.15, -0.1) is 0 Å². The van der Waals surface area contributed by atoms with Crippen LogP contribution in [0.5, 0.6) is 0 Å². The van der Waals surface area contributed by atoms with Crippen molar-refractivity contribution in [3.05, 3.63) is 53.0 Å². The first kappa shape index (κ1) is 14.7. The topological polar surface area (TPSA) is 28.4 Å². The summed E-state index contributed by atoms with van der Waals surface area (Å²) in [4.78, 5) is 2.23. The first-order valence-electron chi connectivity index (χ1n) is 7.17. The molecule has 0 aliphatic rings. The molecule has 2 aromatic rings. The van der Waals surface area contributed by atoms with Gasteiger partial charge in [-0.3, -0.25) is 0 Å². The van der Waals surface area contributed by atoms with E-state index < -0.39 is 0 Å². The van der Waals surface area contributed by atoms with Crippen molar-refractivity contribution in [1.29, 1.82) is 0 Å². The van der Waals surface area contributed by atoms with Crippen molar-refractivity contribution in [2.45, 2.75) is 33.9 Å². The van der Waals surface area contributed by atoms with Crippen molar-refractivity contribution in [3.63, 3.8) is 0 Å². The molecule has 1 N–H and O–H groups in total. The number of hydrogen-bond acceptors (Lipinski definition) is 3. The molecule has 0 aliphatic carbocycles. The molecule has 20 heavy (non-hydrogen) atoms. The lowest BCUT2D eigenvalue weighted by Crippen LogP contribution is -2.17. The van der Waals surface area contributed by atoms with Crippen LogP contribution in [0.4, 0.5) is 5.69 Å². The largest absolute Gasteiger partial charge is 0.463 e. The van der Waals surface area contributed by atoms with Gasteiger partial charge in [-0.2, -0.15) is 0 Å². The fraction of sp³-hybridized carbons (Fsp3) is 0.412. The lowest BCUT2D eigenvalue weighted by molar-refractivity contribution is 0.448. The van der Waals surface area contributed by atoms with Gasteiger partial charge >= 0.3 is 0 Å². The molecule has 2 rings (SSSR count). The van der Waals surface area contributed by atoms with Crippen molar-refractivity contribution in [2.24, 2.45) is 0 Å². The van der Waals surface area contributed by atoms with E-state index in [-0.39, 0.29) is 0 Å². The minimum absolute atomic E-state index is 0.788.